The second-order valence-electron chi connectivity index (χ2n) is 5.75. The zero-order chi connectivity index (χ0) is 18.9. The van der Waals surface area contributed by atoms with Crippen LogP contribution in [0.15, 0.2) is 72.9 Å². The van der Waals surface area contributed by atoms with Gasteiger partial charge in [0.25, 0.3) is 5.91 Å². The van der Waals surface area contributed by atoms with Crippen LogP contribution >= 0.6 is 0 Å². The highest BCUT2D eigenvalue weighted by atomic mass is 16.5. The Balaban J connectivity index is 1.49. The van der Waals surface area contributed by atoms with Crippen LogP contribution in [0, 0.1) is 0 Å². The highest BCUT2D eigenvalue weighted by Gasteiger charge is 2.05. The van der Waals surface area contributed by atoms with E-state index in [0.717, 1.165) is 11.3 Å². The van der Waals surface area contributed by atoms with E-state index in [1.807, 2.05) is 48.5 Å². The molecule has 0 fully saturated rings. The predicted octanol–water partition coefficient (Wildman–Crippen LogP) is 3.72. The molecule has 2 aromatic carbocycles. The van der Waals surface area contributed by atoms with E-state index < -0.39 is 0 Å². The normalized spacial score (nSPS) is 10.1. The first-order chi connectivity index (χ1) is 13.2. The number of aromatic nitrogens is 1. The number of ether oxygens (including phenoxy) is 2. The van der Waals surface area contributed by atoms with Gasteiger partial charge in [0.15, 0.2) is 6.61 Å². The Morgan fingerprint density at radius 2 is 1.78 bits per heavy atom. The number of carbonyl (C=O) groups is 1. The average Bonchev–Trinajstić information content (AvgIpc) is 2.73. The number of amides is 1. The minimum Gasteiger partial charge on any atom is -0.496 e. The van der Waals surface area contributed by atoms with E-state index in [9.17, 15) is 4.79 Å². The topological polar surface area (TPSA) is 72.5 Å². The minimum absolute atomic E-state index is 0.0577. The molecule has 2 N–H and O–H groups in total. The first kappa shape index (κ1) is 18.3. The van der Waals surface area contributed by atoms with Gasteiger partial charge in [-0.15, -0.1) is 0 Å². The molecule has 0 aliphatic rings. The molecule has 1 heterocycles. The largest absolute Gasteiger partial charge is 0.496 e. The quantitative estimate of drug-likeness (QED) is 0.638. The summed E-state index contributed by atoms with van der Waals surface area (Å²) in [7, 11) is 1.65. The van der Waals surface area contributed by atoms with Gasteiger partial charge < -0.3 is 20.1 Å². The van der Waals surface area contributed by atoms with Gasteiger partial charge in [-0.1, -0.05) is 36.4 Å². The lowest BCUT2D eigenvalue weighted by Crippen LogP contribution is -2.20. The van der Waals surface area contributed by atoms with Crippen LogP contribution in [0.2, 0.25) is 0 Å². The van der Waals surface area contributed by atoms with E-state index in [0.29, 0.717) is 23.8 Å². The summed E-state index contributed by atoms with van der Waals surface area (Å²) in [5.74, 6) is 1.95. The van der Waals surface area contributed by atoms with E-state index in [2.05, 4.69) is 15.6 Å². The number of pyridine rings is 1. The standard InChI is InChI=1S/C21H21N3O3/c1-26-19-10-6-5-7-16(19)13-22-20-12-11-17(14-23-20)24-21(25)15-27-18-8-3-2-4-9-18/h2-12,14H,13,15H2,1H3,(H,22,23)(H,24,25). The molecule has 0 spiro atoms. The molecule has 0 saturated carbocycles. The van der Waals surface area contributed by atoms with E-state index in [-0.39, 0.29) is 12.5 Å². The third-order valence-electron chi connectivity index (χ3n) is 3.81. The van der Waals surface area contributed by atoms with E-state index >= 15 is 0 Å². The fourth-order valence-corrected chi connectivity index (χ4v) is 2.47. The maximum absolute atomic E-state index is 12.0. The lowest BCUT2D eigenvalue weighted by atomic mass is 10.2. The number of anilines is 2. The van der Waals surface area contributed by atoms with Gasteiger partial charge >= 0.3 is 0 Å². The monoisotopic (exact) mass is 363 g/mol. The molecule has 0 bridgehead atoms. The third-order valence-corrected chi connectivity index (χ3v) is 3.81. The maximum atomic E-state index is 12.0. The summed E-state index contributed by atoms with van der Waals surface area (Å²) in [5, 5.41) is 5.99. The smallest absolute Gasteiger partial charge is 0.262 e. The summed E-state index contributed by atoms with van der Waals surface area (Å²) >= 11 is 0. The lowest BCUT2D eigenvalue weighted by Gasteiger charge is -2.11. The fraction of sp³-hybridized carbons (Fsp3) is 0.143. The number of rotatable bonds is 8. The number of para-hydroxylation sites is 2. The zero-order valence-corrected chi connectivity index (χ0v) is 15.0. The molecule has 27 heavy (non-hydrogen) atoms. The SMILES string of the molecule is COc1ccccc1CNc1ccc(NC(=O)COc2ccccc2)cn1. The van der Waals surface area contributed by atoms with Crippen molar-refractivity contribution in [3.63, 3.8) is 0 Å². The van der Waals surface area contributed by atoms with Crippen LogP contribution in [0.5, 0.6) is 11.5 Å². The molecule has 0 radical (unpaired) electrons. The Morgan fingerprint density at radius 1 is 1.00 bits per heavy atom. The first-order valence-corrected chi connectivity index (χ1v) is 8.54. The van der Waals surface area contributed by atoms with Crippen LogP contribution in [0.3, 0.4) is 0 Å². The Kier molecular flexibility index (Phi) is 6.25. The molecule has 138 valence electrons. The minimum atomic E-state index is -0.240. The van der Waals surface area contributed by atoms with Crippen molar-refractivity contribution in [2.45, 2.75) is 6.54 Å². The number of carbonyl (C=O) groups excluding carboxylic acids is 1. The summed E-state index contributed by atoms with van der Waals surface area (Å²) in [6, 6.07) is 20.6. The molecule has 0 saturated heterocycles. The number of methoxy groups -OCH3 is 1. The van der Waals surface area contributed by atoms with Gasteiger partial charge in [0, 0.05) is 12.1 Å². The van der Waals surface area contributed by atoms with Crippen LogP contribution in [-0.4, -0.2) is 24.6 Å². The van der Waals surface area contributed by atoms with Crippen molar-refractivity contribution >= 4 is 17.4 Å². The summed E-state index contributed by atoms with van der Waals surface area (Å²) in [6.45, 7) is 0.533. The average molecular weight is 363 g/mol. The second kappa shape index (κ2) is 9.24. The molecule has 0 aliphatic carbocycles. The van der Waals surface area contributed by atoms with E-state index in [1.165, 1.54) is 0 Å². The summed E-state index contributed by atoms with van der Waals surface area (Å²) in [5.41, 5.74) is 1.65. The highest BCUT2D eigenvalue weighted by Crippen LogP contribution is 2.19. The van der Waals surface area contributed by atoms with Gasteiger partial charge in [-0.3, -0.25) is 4.79 Å². The molecular formula is C21H21N3O3. The zero-order valence-electron chi connectivity index (χ0n) is 15.0. The van der Waals surface area contributed by atoms with Crippen molar-refractivity contribution in [3.8, 4) is 11.5 Å². The molecule has 0 unspecified atom stereocenters. The van der Waals surface area contributed by atoms with Crippen molar-refractivity contribution < 1.29 is 14.3 Å². The van der Waals surface area contributed by atoms with Crippen molar-refractivity contribution in [2.24, 2.45) is 0 Å². The number of nitrogens with one attached hydrogen (secondary N) is 2. The summed E-state index contributed by atoms with van der Waals surface area (Å²) in [4.78, 5) is 16.3. The molecule has 3 aromatic rings. The Hall–Kier alpha value is -3.54. The van der Waals surface area contributed by atoms with E-state index in [4.69, 9.17) is 9.47 Å². The molecular weight excluding hydrogens is 342 g/mol. The molecule has 3 rings (SSSR count). The summed E-state index contributed by atoms with van der Waals surface area (Å²) in [6.07, 6.45) is 1.60. The molecule has 1 aromatic heterocycles. The van der Waals surface area contributed by atoms with Crippen LogP contribution in [0.25, 0.3) is 0 Å². The number of hydrogen-bond acceptors (Lipinski definition) is 5. The van der Waals surface area contributed by atoms with Crippen LogP contribution < -0.4 is 20.1 Å². The molecule has 6 nitrogen and oxygen atoms in total. The van der Waals surface area contributed by atoms with Crippen LogP contribution in [-0.2, 0) is 11.3 Å². The lowest BCUT2D eigenvalue weighted by molar-refractivity contribution is -0.118. The Labute approximate surface area is 158 Å². The molecule has 6 heteroatoms. The van der Waals surface area contributed by atoms with Crippen molar-refractivity contribution in [1.82, 2.24) is 4.98 Å². The van der Waals surface area contributed by atoms with Crippen molar-refractivity contribution in [2.75, 3.05) is 24.4 Å². The van der Waals surface area contributed by atoms with Gasteiger partial charge in [0.05, 0.1) is 19.0 Å². The molecule has 0 aliphatic heterocycles. The number of nitrogens with zero attached hydrogens (tertiary/aromatic N) is 1. The fourth-order valence-electron chi connectivity index (χ4n) is 2.47. The number of benzene rings is 2. The van der Waals surface area contributed by atoms with Gasteiger partial charge in [-0.05, 0) is 30.3 Å². The Bertz CT molecular complexity index is 867. The highest BCUT2D eigenvalue weighted by molar-refractivity contribution is 5.91. The predicted molar refractivity (Wildman–Crippen MR) is 105 cm³/mol. The van der Waals surface area contributed by atoms with Gasteiger partial charge in [-0.25, -0.2) is 4.98 Å². The Morgan fingerprint density at radius 3 is 2.52 bits per heavy atom. The van der Waals surface area contributed by atoms with Crippen LogP contribution in [0.4, 0.5) is 11.5 Å². The van der Waals surface area contributed by atoms with Crippen molar-refractivity contribution in [1.29, 1.82) is 0 Å². The third kappa shape index (κ3) is 5.47. The van der Waals surface area contributed by atoms with Gasteiger partial charge in [0.1, 0.15) is 17.3 Å². The summed E-state index contributed by atoms with van der Waals surface area (Å²) < 4.78 is 10.7. The maximum Gasteiger partial charge on any atom is 0.262 e. The van der Waals surface area contributed by atoms with Crippen LogP contribution in [0.1, 0.15) is 5.56 Å². The van der Waals surface area contributed by atoms with E-state index in [1.54, 1.807) is 31.5 Å². The molecule has 1 amide bonds. The number of hydrogen-bond donors (Lipinski definition) is 2. The van der Waals surface area contributed by atoms with Crippen molar-refractivity contribution in [3.05, 3.63) is 78.5 Å². The molecule has 0 atom stereocenters. The van der Waals surface area contributed by atoms with Gasteiger partial charge in [-0.2, -0.15) is 0 Å². The second-order valence-corrected chi connectivity index (χ2v) is 5.75. The first-order valence-electron chi connectivity index (χ1n) is 8.54. The van der Waals surface area contributed by atoms with Gasteiger partial charge in [0.2, 0.25) is 0 Å².